The van der Waals surface area contributed by atoms with Gasteiger partial charge in [-0.2, -0.15) is 0 Å². The summed E-state index contributed by atoms with van der Waals surface area (Å²) >= 11 is 0. The van der Waals surface area contributed by atoms with E-state index in [0.29, 0.717) is 12.2 Å². The molecule has 0 amide bonds. The molecule has 0 aliphatic carbocycles. The maximum Gasteiger partial charge on any atom is 0.162 e. The van der Waals surface area contributed by atoms with Gasteiger partial charge in [0.2, 0.25) is 0 Å². The third-order valence-electron chi connectivity index (χ3n) is 3.25. The summed E-state index contributed by atoms with van der Waals surface area (Å²) in [4.78, 5) is 0. The molecular formula is C15H24F2N2O. The van der Waals surface area contributed by atoms with Crippen LogP contribution in [0.3, 0.4) is 0 Å². The van der Waals surface area contributed by atoms with E-state index in [4.69, 9.17) is 10.6 Å². The molecule has 0 aliphatic rings. The van der Waals surface area contributed by atoms with E-state index in [0.717, 1.165) is 6.07 Å². The molecule has 2 unspecified atom stereocenters. The minimum atomic E-state index is -0.845. The Hall–Kier alpha value is -1.04. The predicted molar refractivity (Wildman–Crippen MR) is 76.0 cm³/mol. The molecule has 0 spiro atoms. The monoisotopic (exact) mass is 286 g/mol. The normalized spacial score (nSPS) is 15.2. The number of nitrogens with one attached hydrogen (secondary N) is 1. The van der Waals surface area contributed by atoms with Gasteiger partial charge in [0.1, 0.15) is 0 Å². The highest BCUT2D eigenvalue weighted by molar-refractivity contribution is 5.20. The smallest absolute Gasteiger partial charge is 0.162 e. The fraction of sp³-hybridized carbons (Fsp3) is 0.600. The Balaban J connectivity index is 2.97. The summed E-state index contributed by atoms with van der Waals surface area (Å²) in [5.74, 6) is 3.92. The first kappa shape index (κ1) is 17.0. The lowest BCUT2D eigenvalue weighted by Gasteiger charge is -2.36. The first-order valence-electron chi connectivity index (χ1n) is 6.81. The number of halogens is 2. The second-order valence-electron chi connectivity index (χ2n) is 5.93. The van der Waals surface area contributed by atoms with Crippen LogP contribution in [-0.4, -0.2) is 18.8 Å². The zero-order valence-corrected chi connectivity index (χ0v) is 12.5. The topological polar surface area (TPSA) is 47.3 Å². The van der Waals surface area contributed by atoms with Crippen molar-refractivity contribution in [2.24, 2.45) is 11.3 Å². The van der Waals surface area contributed by atoms with E-state index >= 15 is 0 Å². The van der Waals surface area contributed by atoms with Crippen LogP contribution in [0.1, 0.15) is 33.3 Å². The average molecular weight is 286 g/mol. The molecule has 0 fully saturated rings. The first-order chi connectivity index (χ1) is 9.31. The highest BCUT2D eigenvalue weighted by Crippen LogP contribution is 2.27. The Labute approximate surface area is 119 Å². The highest BCUT2D eigenvalue weighted by atomic mass is 19.2. The minimum absolute atomic E-state index is 0.170. The number of benzene rings is 1. The van der Waals surface area contributed by atoms with E-state index < -0.39 is 11.6 Å². The molecule has 0 saturated heterocycles. The van der Waals surface area contributed by atoms with Crippen molar-refractivity contribution in [3.05, 3.63) is 35.4 Å². The van der Waals surface area contributed by atoms with E-state index in [1.807, 2.05) is 27.7 Å². The molecule has 5 heteroatoms. The van der Waals surface area contributed by atoms with Gasteiger partial charge in [0, 0.05) is 6.61 Å². The molecule has 0 bridgehead atoms. The molecule has 0 saturated carbocycles. The average Bonchev–Trinajstić information content (AvgIpc) is 2.37. The number of nitrogens with two attached hydrogens (primary N) is 1. The largest absolute Gasteiger partial charge is 0.376 e. The van der Waals surface area contributed by atoms with Crippen molar-refractivity contribution in [3.63, 3.8) is 0 Å². The van der Waals surface area contributed by atoms with Crippen molar-refractivity contribution in [1.29, 1.82) is 0 Å². The number of rotatable bonds is 6. The molecule has 1 aromatic carbocycles. The Morgan fingerprint density at radius 3 is 2.45 bits per heavy atom. The van der Waals surface area contributed by atoms with Crippen LogP contribution in [-0.2, 0) is 11.2 Å². The van der Waals surface area contributed by atoms with Gasteiger partial charge < -0.3 is 4.74 Å². The summed E-state index contributed by atoms with van der Waals surface area (Å²) in [6.45, 7) is 8.51. The van der Waals surface area contributed by atoms with Crippen LogP contribution in [0.25, 0.3) is 0 Å². The molecule has 0 aliphatic heterocycles. The van der Waals surface area contributed by atoms with Gasteiger partial charge in [-0.15, -0.1) is 0 Å². The van der Waals surface area contributed by atoms with E-state index in [1.54, 1.807) is 6.07 Å². The van der Waals surface area contributed by atoms with Crippen LogP contribution in [0.5, 0.6) is 0 Å². The van der Waals surface area contributed by atoms with Gasteiger partial charge in [-0.1, -0.05) is 32.9 Å². The quantitative estimate of drug-likeness (QED) is 0.624. The highest BCUT2D eigenvalue weighted by Gasteiger charge is 2.33. The van der Waals surface area contributed by atoms with Gasteiger partial charge in [0.05, 0.1) is 12.1 Å². The van der Waals surface area contributed by atoms with Crippen LogP contribution in [0, 0.1) is 17.0 Å². The van der Waals surface area contributed by atoms with Crippen LogP contribution in [0.4, 0.5) is 8.78 Å². The Kier molecular flexibility index (Phi) is 6.05. The van der Waals surface area contributed by atoms with Gasteiger partial charge in [0.15, 0.2) is 11.6 Å². The zero-order valence-electron chi connectivity index (χ0n) is 12.5. The molecule has 0 heterocycles. The number of hydrogen-bond acceptors (Lipinski definition) is 3. The molecule has 3 nitrogen and oxygen atoms in total. The molecule has 3 N–H and O–H groups in total. The van der Waals surface area contributed by atoms with Crippen molar-refractivity contribution >= 4 is 0 Å². The number of hydrazine groups is 1. The summed E-state index contributed by atoms with van der Waals surface area (Å²) in [6.07, 6.45) is 0.0577. The van der Waals surface area contributed by atoms with Crippen molar-refractivity contribution < 1.29 is 13.5 Å². The van der Waals surface area contributed by atoms with Crippen LogP contribution in [0.2, 0.25) is 0 Å². The Morgan fingerprint density at radius 2 is 1.95 bits per heavy atom. The van der Waals surface area contributed by atoms with Crippen LogP contribution < -0.4 is 11.3 Å². The number of hydrogen-bond donors (Lipinski definition) is 2. The van der Waals surface area contributed by atoms with Crippen LogP contribution >= 0.6 is 0 Å². The lowest BCUT2D eigenvalue weighted by molar-refractivity contribution is -0.0357. The van der Waals surface area contributed by atoms with Gasteiger partial charge in [-0.05, 0) is 30.4 Å². The predicted octanol–water partition coefficient (Wildman–Crippen LogP) is 2.79. The third-order valence-corrected chi connectivity index (χ3v) is 3.25. The SMILES string of the molecule is CCOC(C(Cc1cccc(F)c1F)NN)C(C)(C)C. The number of ether oxygens (including phenoxy) is 1. The molecule has 1 rings (SSSR count). The second-order valence-corrected chi connectivity index (χ2v) is 5.93. The molecule has 0 radical (unpaired) electrons. The van der Waals surface area contributed by atoms with E-state index in [-0.39, 0.29) is 24.0 Å². The standard InChI is InChI=1S/C15H24F2N2O/c1-5-20-14(15(2,3)4)12(19-18)9-10-7-6-8-11(16)13(10)17/h6-8,12,14,19H,5,9,18H2,1-4H3. The Bertz CT molecular complexity index is 432. The first-order valence-corrected chi connectivity index (χ1v) is 6.81. The van der Waals surface area contributed by atoms with Crippen molar-refractivity contribution in [2.45, 2.75) is 46.3 Å². The van der Waals surface area contributed by atoms with Crippen molar-refractivity contribution in [2.75, 3.05) is 6.61 Å². The molecule has 114 valence electrons. The molecular weight excluding hydrogens is 262 g/mol. The summed E-state index contributed by atoms with van der Waals surface area (Å²) in [5.41, 5.74) is 2.80. The third kappa shape index (κ3) is 4.23. The van der Waals surface area contributed by atoms with Gasteiger partial charge in [0.25, 0.3) is 0 Å². The second kappa shape index (κ2) is 7.11. The maximum atomic E-state index is 13.8. The van der Waals surface area contributed by atoms with Gasteiger partial charge in [-0.3, -0.25) is 11.3 Å². The van der Waals surface area contributed by atoms with Crippen molar-refractivity contribution in [3.8, 4) is 0 Å². The van der Waals surface area contributed by atoms with E-state index in [9.17, 15) is 8.78 Å². The summed E-state index contributed by atoms with van der Waals surface area (Å²) in [5, 5.41) is 0. The van der Waals surface area contributed by atoms with Crippen LogP contribution in [0.15, 0.2) is 18.2 Å². The molecule has 0 aromatic heterocycles. The van der Waals surface area contributed by atoms with Crippen molar-refractivity contribution in [1.82, 2.24) is 5.43 Å². The van der Waals surface area contributed by atoms with Gasteiger partial charge >= 0.3 is 0 Å². The fourth-order valence-electron chi connectivity index (χ4n) is 2.35. The summed E-state index contributed by atoms with van der Waals surface area (Å²) < 4.78 is 32.8. The van der Waals surface area contributed by atoms with Gasteiger partial charge in [-0.25, -0.2) is 8.78 Å². The molecule has 20 heavy (non-hydrogen) atoms. The summed E-state index contributed by atoms with van der Waals surface area (Å²) in [7, 11) is 0. The lowest BCUT2D eigenvalue weighted by atomic mass is 9.82. The fourth-order valence-corrected chi connectivity index (χ4v) is 2.35. The summed E-state index contributed by atoms with van der Waals surface area (Å²) in [6, 6.07) is 3.86. The Morgan fingerprint density at radius 1 is 1.30 bits per heavy atom. The van der Waals surface area contributed by atoms with E-state index in [1.165, 1.54) is 6.07 Å². The molecule has 2 atom stereocenters. The minimum Gasteiger partial charge on any atom is -0.376 e. The maximum absolute atomic E-state index is 13.8. The lowest BCUT2D eigenvalue weighted by Crippen LogP contribution is -2.52. The molecule has 1 aromatic rings. The zero-order chi connectivity index (χ0) is 15.3. The van der Waals surface area contributed by atoms with E-state index in [2.05, 4.69) is 5.43 Å².